The zero-order chi connectivity index (χ0) is 29.6. The molecule has 12 nitrogen and oxygen atoms in total. The Labute approximate surface area is 237 Å². The lowest BCUT2D eigenvalue weighted by atomic mass is 9.84. The monoisotopic (exact) mass is 568 g/mol. The predicted molar refractivity (Wildman–Crippen MR) is 154 cm³/mol. The number of halogens is 1. The van der Waals surface area contributed by atoms with Crippen LogP contribution in [0.5, 0.6) is 5.75 Å². The molecular weight excluding hydrogens is 531 g/mol. The highest BCUT2D eigenvalue weighted by molar-refractivity contribution is 5.86. The molecule has 1 amide bonds. The van der Waals surface area contributed by atoms with Gasteiger partial charge in [0, 0.05) is 38.8 Å². The van der Waals surface area contributed by atoms with Gasteiger partial charge in [-0.2, -0.15) is 4.98 Å². The highest BCUT2D eigenvalue weighted by Gasteiger charge is 2.40. The van der Waals surface area contributed by atoms with Crippen LogP contribution in [0.2, 0.25) is 0 Å². The Bertz CT molecular complexity index is 1490. The minimum Gasteiger partial charge on any atom is -0.506 e. The molecule has 1 unspecified atom stereocenters. The van der Waals surface area contributed by atoms with E-state index in [-0.39, 0.29) is 34.7 Å². The van der Waals surface area contributed by atoms with Gasteiger partial charge < -0.3 is 24.9 Å². The molecule has 0 saturated carbocycles. The summed E-state index contributed by atoms with van der Waals surface area (Å²) in [4.78, 5) is 47.6. The summed E-state index contributed by atoms with van der Waals surface area (Å²) in [6.45, 7) is 14.4. The van der Waals surface area contributed by atoms with Gasteiger partial charge in [-0.1, -0.05) is 40.7 Å². The third-order valence-corrected chi connectivity index (χ3v) is 8.18. The molecule has 0 radical (unpaired) electrons. The van der Waals surface area contributed by atoms with E-state index in [9.17, 15) is 24.2 Å². The number of para-hydroxylation sites is 1. The molecule has 2 N–H and O–H groups in total. The number of carbonyl (C=O) groups is 1. The van der Waals surface area contributed by atoms with E-state index in [1.807, 2.05) is 30.6 Å². The number of carboxylic acid groups (broad SMARTS) is 1. The lowest BCUT2D eigenvalue weighted by Gasteiger charge is -2.47. The largest absolute Gasteiger partial charge is 0.506 e. The summed E-state index contributed by atoms with van der Waals surface area (Å²) >= 11 is 0. The zero-order valence-electron chi connectivity index (χ0n) is 24.1. The van der Waals surface area contributed by atoms with Crippen LogP contribution in [0, 0.1) is 11.2 Å². The SMILES string of the molecule is CCN(CC)C1CN(c2nc(N3CCN(C(=O)O)C(C(C)(C)C)C3)c3ncn(-c4c(O)cccc4F)c(=O)c3n2)C1. The Balaban J connectivity index is 1.63. The van der Waals surface area contributed by atoms with Gasteiger partial charge in [0.25, 0.3) is 5.56 Å². The summed E-state index contributed by atoms with van der Waals surface area (Å²) in [7, 11) is 0. The van der Waals surface area contributed by atoms with Crippen LogP contribution >= 0.6 is 0 Å². The number of benzene rings is 1. The quantitative estimate of drug-likeness (QED) is 0.458. The number of phenolic OH excluding ortho intramolecular Hbond substituents is 1. The van der Waals surface area contributed by atoms with Crippen LogP contribution in [0.25, 0.3) is 16.7 Å². The maximum Gasteiger partial charge on any atom is 0.407 e. The summed E-state index contributed by atoms with van der Waals surface area (Å²) in [5.41, 5.74) is -1.07. The third kappa shape index (κ3) is 5.14. The number of hydrogen-bond donors (Lipinski definition) is 2. The first-order valence-electron chi connectivity index (χ1n) is 13.9. The van der Waals surface area contributed by atoms with Crippen LogP contribution in [-0.4, -0.2) is 104 Å². The van der Waals surface area contributed by atoms with Crippen LogP contribution in [-0.2, 0) is 0 Å². The molecular formula is C28H37FN8O4. The van der Waals surface area contributed by atoms with Crippen LogP contribution in [0.1, 0.15) is 34.6 Å². The van der Waals surface area contributed by atoms with Crippen molar-refractivity contribution in [1.82, 2.24) is 29.3 Å². The highest BCUT2D eigenvalue weighted by Crippen LogP contribution is 2.33. The number of phenols is 1. The number of hydrogen-bond acceptors (Lipinski definition) is 9. The Morgan fingerprint density at radius 2 is 1.78 bits per heavy atom. The lowest BCUT2D eigenvalue weighted by molar-refractivity contribution is 0.0747. The highest BCUT2D eigenvalue weighted by atomic mass is 19.1. The molecule has 13 heteroatoms. The standard InChI is InChI=1S/C28H37FN8O4/c1-6-33(7-2)17-13-35(14-17)26-31-22-21(30-16-37(25(22)39)23-18(29)9-8-10-19(23)38)24(32-26)34-11-12-36(27(40)41)20(15-34)28(3,4)5/h8-10,16-17,20,38H,6-7,11-15H2,1-5H3,(H,40,41). The van der Waals surface area contributed by atoms with Crippen molar-refractivity contribution in [2.75, 3.05) is 55.6 Å². The Morgan fingerprint density at radius 1 is 1.07 bits per heavy atom. The molecule has 0 spiro atoms. The van der Waals surface area contributed by atoms with Crippen molar-refractivity contribution in [3.8, 4) is 11.4 Å². The zero-order valence-corrected chi connectivity index (χ0v) is 24.1. The molecule has 4 heterocycles. The second-order valence-corrected chi connectivity index (χ2v) is 11.7. The first-order valence-corrected chi connectivity index (χ1v) is 13.9. The number of rotatable bonds is 6. The summed E-state index contributed by atoms with van der Waals surface area (Å²) in [5.74, 6) is -0.383. The Hall–Kier alpha value is -4.00. The van der Waals surface area contributed by atoms with Gasteiger partial charge in [-0.3, -0.25) is 14.3 Å². The minimum atomic E-state index is -0.980. The van der Waals surface area contributed by atoms with E-state index in [1.54, 1.807) is 0 Å². The van der Waals surface area contributed by atoms with E-state index in [0.717, 1.165) is 23.7 Å². The topological polar surface area (TPSA) is 131 Å². The van der Waals surface area contributed by atoms with Crippen LogP contribution < -0.4 is 15.4 Å². The molecule has 1 atom stereocenters. The third-order valence-electron chi connectivity index (χ3n) is 8.18. The fraction of sp³-hybridized carbons (Fsp3) is 0.536. The van der Waals surface area contributed by atoms with Gasteiger partial charge in [-0.05, 0) is 30.6 Å². The number of amides is 1. The van der Waals surface area contributed by atoms with Gasteiger partial charge in [0.2, 0.25) is 5.95 Å². The summed E-state index contributed by atoms with van der Waals surface area (Å²) in [6.07, 6.45) is 0.191. The second-order valence-electron chi connectivity index (χ2n) is 11.7. The number of aromatic hydroxyl groups is 1. The van der Waals surface area contributed by atoms with E-state index in [1.165, 1.54) is 23.4 Å². The van der Waals surface area contributed by atoms with Crippen molar-refractivity contribution in [2.24, 2.45) is 5.41 Å². The van der Waals surface area contributed by atoms with Crippen molar-refractivity contribution in [2.45, 2.75) is 46.7 Å². The molecule has 0 bridgehead atoms. The number of fused-ring (bicyclic) bond motifs is 1. The van der Waals surface area contributed by atoms with Crippen LogP contribution in [0.3, 0.4) is 0 Å². The lowest BCUT2D eigenvalue weighted by Crippen LogP contribution is -2.60. The molecule has 220 valence electrons. The van der Waals surface area contributed by atoms with Crippen molar-refractivity contribution in [3.05, 3.63) is 40.7 Å². The van der Waals surface area contributed by atoms with E-state index in [0.29, 0.717) is 44.0 Å². The fourth-order valence-electron chi connectivity index (χ4n) is 5.78. The number of likely N-dealkylation sites (N-methyl/N-ethyl adjacent to an activating group) is 1. The van der Waals surface area contributed by atoms with Crippen molar-refractivity contribution < 1.29 is 19.4 Å². The molecule has 2 aliphatic heterocycles. The summed E-state index contributed by atoms with van der Waals surface area (Å²) < 4.78 is 15.7. The molecule has 1 aromatic carbocycles. The van der Waals surface area contributed by atoms with E-state index >= 15 is 0 Å². The number of anilines is 2. The van der Waals surface area contributed by atoms with Gasteiger partial charge in [0.15, 0.2) is 17.2 Å². The summed E-state index contributed by atoms with van der Waals surface area (Å²) in [6, 6.07) is 3.80. The first kappa shape index (κ1) is 28.5. The first-order chi connectivity index (χ1) is 19.4. The molecule has 2 fully saturated rings. The van der Waals surface area contributed by atoms with Crippen LogP contribution in [0.4, 0.5) is 21.0 Å². The number of aromatic nitrogens is 4. The Morgan fingerprint density at radius 3 is 2.39 bits per heavy atom. The van der Waals surface area contributed by atoms with Crippen molar-refractivity contribution in [1.29, 1.82) is 0 Å². The van der Waals surface area contributed by atoms with Gasteiger partial charge in [-0.15, -0.1) is 0 Å². The second kappa shape index (κ2) is 10.8. The molecule has 5 rings (SSSR count). The molecule has 41 heavy (non-hydrogen) atoms. The molecule has 2 aromatic heterocycles. The Kier molecular flexibility index (Phi) is 7.49. The molecule has 3 aromatic rings. The van der Waals surface area contributed by atoms with E-state index in [4.69, 9.17) is 4.98 Å². The molecule has 2 aliphatic rings. The van der Waals surface area contributed by atoms with Gasteiger partial charge in [0.1, 0.15) is 23.3 Å². The number of piperazine rings is 1. The smallest absolute Gasteiger partial charge is 0.407 e. The maximum absolute atomic E-state index is 14.7. The van der Waals surface area contributed by atoms with Gasteiger partial charge in [-0.25, -0.2) is 19.2 Å². The fourth-order valence-corrected chi connectivity index (χ4v) is 5.78. The predicted octanol–water partition coefficient (Wildman–Crippen LogP) is 2.77. The number of nitrogens with zero attached hydrogens (tertiary/aromatic N) is 8. The maximum atomic E-state index is 14.7. The van der Waals surface area contributed by atoms with E-state index in [2.05, 4.69) is 28.7 Å². The minimum absolute atomic E-state index is 0.00517. The molecule has 2 saturated heterocycles. The van der Waals surface area contributed by atoms with Gasteiger partial charge in [0.05, 0.1) is 6.04 Å². The average molecular weight is 569 g/mol. The van der Waals surface area contributed by atoms with Crippen molar-refractivity contribution >= 4 is 28.9 Å². The average Bonchev–Trinajstić information content (AvgIpc) is 2.90. The summed E-state index contributed by atoms with van der Waals surface area (Å²) in [5, 5.41) is 20.2. The van der Waals surface area contributed by atoms with Gasteiger partial charge >= 0.3 is 6.09 Å². The van der Waals surface area contributed by atoms with E-state index < -0.39 is 23.2 Å². The molecule has 0 aliphatic carbocycles. The van der Waals surface area contributed by atoms with Crippen LogP contribution in [0.15, 0.2) is 29.3 Å². The normalized spacial score (nSPS) is 18.3. The van der Waals surface area contributed by atoms with Crippen molar-refractivity contribution in [3.63, 3.8) is 0 Å².